The van der Waals surface area contributed by atoms with E-state index in [-0.39, 0.29) is 22.5 Å². The lowest BCUT2D eigenvalue weighted by Crippen LogP contribution is -2.49. The van der Waals surface area contributed by atoms with Crippen LogP contribution < -0.4 is 4.90 Å². The maximum absolute atomic E-state index is 13.7. The lowest BCUT2D eigenvalue weighted by atomic mass is 10.2. The number of carbonyl (C=O) groups is 1. The molecule has 1 aliphatic rings. The van der Waals surface area contributed by atoms with E-state index in [4.69, 9.17) is 4.98 Å². The number of amides is 1. The summed E-state index contributed by atoms with van der Waals surface area (Å²) in [5.74, 6) is -0.198. The number of aromatic nitrogens is 1. The van der Waals surface area contributed by atoms with Gasteiger partial charge in [0.15, 0.2) is 5.13 Å². The Morgan fingerprint density at radius 3 is 2.66 bits per heavy atom. The Labute approximate surface area is 203 Å². The maximum atomic E-state index is 13.7. The monoisotopic (exact) mass is 514 g/mol. The quantitative estimate of drug-likeness (QED) is 0.479. The Morgan fingerprint density at radius 2 is 2.00 bits per heavy atom. The molecule has 1 fully saturated rings. The summed E-state index contributed by atoms with van der Waals surface area (Å²) < 4.78 is 29.0. The van der Waals surface area contributed by atoms with Crippen molar-refractivity contribution in [2.45, 2.75) is 30.0 Å². The van der Waals surface area contributed by atoms with Gasteiger partial charge in [0.25, 0.3) is 10.0 Å². The molecule has 1 amide bonds. The number of hydrogen-bond acceptors (Lipinski definition) is 7. The van der Waals surface area contributed by atoms with Gasteiger partial charge in [-0.1, -0.05) is 29.5 Å². The topological polar surface area (TPSA) is 73.8 Å². The third-order valence-corrected chi connectivity index (χ3v) is 9.75. The first-order valence-corrected chi connectivity index (χ1v) is 13.3. The highest BCUT2D eigenvalue weighted by molar-refractivity contribution is 7.91. The van der Waals surface area contributed by atoms with Gasteiger partial charge in [-0.3, -0.25) is 9.69 Å². The molecule has 4 rings (SSSR count). The van der Waals surface area contributed by atoms with E-state index in [1.807, 2.05) is 44.1 Å². The van der Waals surface area contributed by atoms with Crippen LogP contribution in [0.2, 0.25) is 0 Å². The molecule has 3 heterocycles. The fraction of sp³-hybridized carbons (Fsp3) is 0.429. The van der Waals surface area contributed by atoms with Crippen LogP contribution in [-0.2, 0) is 14.8 Å². The molecule has 0 bridgehead atoms. The van der Waals surface area contributed by atoms with E-state index in [2.05, 4.69) is 0 Å². The summed E-state index contributed by atoms with van der Waals surface area (Å²) in [4.78, 5) is 22.2. The minimum absolute atomic E-state index is 0. The van der Waals surface area contributed by atoms with Crippen molar-refractivity contribution in [2.75, 3.05) is 38.6 Å². The Kier molecular flexibility index (Phi) is 7.95. The van der Waals surface area contributed by atoms with E-state index in [1.165, 1.54) is 27.0 Å². The molecule has 1 aromatic carbocycles. The van der Waals surface area contributed by atoms with E-state index in [9.17, 15) is 13.2 Å². The fourth-order valence-electron chi connectivity index (χ4n) is 3.77. The number of likely N-dealkylation sites (N-methyl/N-ethyl adjacent to an activating group) is 1. The van der Waals surface area contributed by atoms with E-state index in [0.717, 1.165) is 15.8 Å². The van der Waals surface area contributed by atoms with Crippen molar-refractivity contribution in [1.82, 2.24) is 14.2 Å². The van der Waals surface area contributed by atoms with Gasteiger partial charge in [-0.25, -0.2) is 13.4 Å². The second-order valence-electron chi connectivity index (χ2n) is 7.92. The molecule has 2 aromatic heterocycles. The van der Waals surface area contributed by atoms with Crippen molar-refractivity contribution >= 4 is 66.4 Å². The lowest BCUT2D eigenvalue weighted by Gasteiger charge is -2.29. The minimum Gasteiger partial charge on any atom is -0.308 e. The Hall–Kier alpha value is -1.56. The minimum atomic E-state index is -3.69. The molecule has 0 aliphatic carbocycles. The Bertz CT molecular complexity index is 1180. The van der Waals surface area contributed by atoms with Gasteiger partial charge in [-0.2, -0.15) is 4.31 Å². The fourth-order valence-corrected chi connectivity index (χ4v) is 7.62. The number of thiophene rings is 1. The summed E-state index contributed by atoms with van der Waals surface area (Å²) in [6, 6.07) is 8.60. The summed E-state index contributed by atoms with van der Waals surface area (Å²) in [7, 11) is 0.214. The van der Waals surface area contributed by atoms with Crippen LogP contribution in [-0.4, -0.2) is 68.3 Å². The second kappa shape index (κ2) is 10.1. The molecule has 1 saturated heterocycles. The van der Waals surface area contributed by atoms with Gasteiger partial charge in [0, 0.05) is 19.6 Å². The first-order chi connectivity index (χ1) is 14.8. The van der Waals surface area contributed by atoms with Gasteiger partial charge in [-0.15, -0.1) is 23.7 Å². The predicted octanol–water partition coefficient (Wildman–Crippen LogP) is 3.84. The van der Waals surface area contributed by atoms with E-state index >= 15 is 0 Å². The van der Waals surface area contributed by atoms with E-state index in [1.54, 1.807) is 22.4 Å². The van der Waals surface area contributed by atoms with Crippen molar-refractivity contribution in [3.63, 3.8) is 0 Å². The molecule has 0 N–H and O–H groups in total. The normalized spacial score (nSPS) is 17.1. The Balaban J connectivity index is 0.00000289. The van der Waals surface area contributed by atoms with Crippen LogP contribution >= 0.6 is 35.1 Å². The average Bonchev–Trinajstić information content (AvgIpc) is 3.47. The zero-order valence-corrected chi connectivity index (χ0v) is 21.5. The summed E-state index contributed by atoms with van der Waals surface area (Å²) in [6.45, 7) is 3.47. The largest absolute Gasteiger partial charge is 0.308 e. The standard InChI is InChI=1S/C21H26N4O3S3.ClH/c1-15-7-4-9-17-19(15)22-21(30-17)24(13-12-23(2)3)20(26)16-8-5-11-25(16)31(27,28)18-10-6-14-29-18;/h4,6-7,9-10,14,16H,5,8,11-13H2,1-3H3;1H. The Morgan fingerprint density at radius 1 is 1.22 bits per heavy atom. The van der Waals surface area contributed by atoms with Crippen molar-refractivity contribution in [2.24, 2.45) is 0 Å². The molecule has 1 atom stereocenters. The highest BCUT2D eigenvalue weighted by Gasteiger charge is 2.42. The molecule has 7 nitrogen and oxygen atoms in total. The summed E-state index contributed by atoms with van der Waals surface area (Å²) in [5, 5.41) is 2.36. The second-order valence-corrected chi connectivity index (χ2v) is 12.0. The summed E-state index contributed by atoms with van der Waals surface area (Å²) >= 11 is 2.66. The van der Waals surface area contributed by atoms with Crippen LogP contribution in [0.4, 0.5) is 5.13 Å². The number of halogens is 1. The van der Waals surface area contributed by atoms with Crippen molar-refractivity contribution in [1.29, 1.82) is 0 Å². The molecule has 0 saturated carbocycles. The maximum Gasteiger partial charge on any atom is 0.253 e. The number of para-hydroxylation sites is 1. The summed E-state index contributed by atoms with van der Waals surface area (Å²) in [5.41, 5.74) is 1.95. The number of sulfonamides is 1. The number of fused-ring (bicyclic) bond motifs is 1. The van der Waals surface area contributed by atoms with Crippen LogP contribution in [0, 0.1) is 6.92 Å². The molecule has 1 aliphatic heterocycles. The third kappa shape index (κ3) is 4.85. The first kappa shape index (κ1) is 25.1. The first-order valence-electron chi connectivity index (χ1n) is 10.2. The lowest BCUT2D eigenvalue weighted by molar-refractivity contribution is -0.121. The number of aryl methyl sites for hydroxylation is 1. The zero-order chi connectivity index (χ0) is 22.2. The van der Waals surface area contributed by atoms with Crippen LogP contribution in [0.5, 0.6) is 0 Å². The van der Waals surface area contributed by atoms with Gasteiger partial charge >= 0.3 is 0 Å². The van der Waals surface area contributed by atoms with Crippen LogP contribution in [0.1, 0.15) is 18.4 Å². The van der Waals surface area contributed by atoms with Gasteiger partial charge < -0.3 is 4.90 Å². The van der Waals surface area contributed by atoms with Gasteiger partial charge in [0.2, 0.25) is 5.91 Å². The number of thiazole rings is 1. The van der Waals surface area contributed by atoms with Crippen LogP contribution in [0.15, 0.2) is 39.9 Å². The smallest absolute Gasteiger partial charge is 0.253 e. The molecular weight excluding hydrogens is 488 g/mol. The molecule has 3 aromatic rings. The highest BCUT2D eigenvalue weighted by atomic mass is 35.5. The molecule has 11 heteroatoms. The molecule has 0 spiro atoms. The van der Waals surface area contributed by atoms with Crippen molar-refractivity contribution in [3.05, 3.63) is 41.3 Å². The highest BCUT2D eigenvalue weighted by Crippen LogP contribution is 2.34. The zero-order valence-electron chi connectivity index (χ0n) is 18.2. The molecule has 1 unspecified atom stereocenters. The molecule has 174 valence electrons. The number of benzene rings is 1. The van der Waals surface area contributed by atoms with E-state index < -0.39 is 16.1 Å². The van der Waals surface area contributed by atoms with Gasteiger partial charge in [0.05, 0.1) is 10.2 Å². The predicted molar refractivity (Wildman–Crippen MR) is 134 cm³/mol. The van der Waals surface area contributed by atoms with Gasteiger partial charge in [0.1, 0.15) is 10.3 Å². The van der Waals surface area contributed by atoms with Crippen LogP contribution in [0.3, 0.4) is 0 Å². The molecule has 32 heavy (non-hydrogen) atoms. The molecule has 0 radical (unpaired) electrons. The average molecular weight is 515 g/mol. The van der Waals surface area contributed by atoms with Gasteiger partial charge in [-0.05, 0) is 56.9 Å². The SMILES string of the molecule is Cc1cccc2sc(N(CCN(C)C)C(=O)C3CCCN3S(=O)(=O)c3cccs3)nc12.Cl. The number of rotatable bonds is 7. The molecular formula is C21H27ClN4O3S3. The number of hydrogen-bond donors (Lipinski definition) is 0. The summed E-state index contributed by atoms with van der Waals surface area (Å²) in [6.07, 6.45) is 1.19. The number of anilines is 1. The van der Waals surface area contributed by atoms with E-state index in [0.29, 0.717) is 37.6 Å². The van der Waals surface area contributed by atoms with Crippen LogP contribution in [0.25, 0.3) is 10.2 Å². The van der Waals surface area contributed by atoms with Crippen molar-refractivity contribution < 1.29 is 13.2 Å². The third-order valence-electron chi connectivity index (χ3n) is 5.42. The number of nitrogens with zero attached hydrogens (tertiary/aromatic N) is 4. The van der Waals surface area contributed by atoms with Crippen molar-refractivity contribution in [3.8, 4) is 0 Å². The number of carbonyl (C=O) groups excluding carboxylic acids is 1.